The molecule has 2 aromatic rings. The molecule has 2 heterocycles. The van der Waals surface area contributed by atoms with Gasteiger partial charge in [-0.05, 0) is 30.7 Å². The lowest BCUT2D eigenvalue weighted by molar-refractivity contribution is 0.167. The Morgan fingerprint density at radius 1 is 1.38 bits per heavy atom. The number of hydrogen-bond donors (Lipinski definition) is 1. The number of nitrogens with two attached hydrogens (primary N) is 1. The highest BCUT2D eigenvalue weighted by atomic mass is 32.2. The topological polar surface area (TPSA) is 91.5 Å². The number of nitrogens with zero attached hydrogens (tertiary/aromatic N) is 1. The standard InChI is InChI=1S/C14H16N2O4S/c15-21(17,18)13-4-3-12(14-11(13)2-1-6-16-14)20-9-10-5-7-19-8-10/h1-4,6,10H,5,7-9H2,(H2,15,17,18). The molecule has 1 fully saturated rings. The molecule has 6 nitrogen and oxygen atoms in total. The van der Waals surface area contributed by atoms with Crippen molar-refractivity contribution in [2.75, 3.05) is 19.8 Å². The summed E-state index contributed by atoms with van der Waals surface area (Å²) in [5.41, 5.74) is 0.503. The molecule has 21 heavy (non-hydrogen) atoms. The van der Waals surface area contributed by atoms with Crippen LogP contribution in [-0.4, -0.2) is 33.2 Å². The average molecular weight is 308 g/mol. The number of hydrogen-bond acceptors (Lipinski definition) is 5. The zero-order chi connectivity index (χ0) is 14.9. The van der Waals surface area contributed by atoms with E-state index in [-0.39, 0.29) is 4.90 Å². The van der Waals surface area contributed by atoms with Crippen LogP contribution in [0, 0.1) is 5.92 Å². The van der Waals surface area contributed by atoms with E-state index in [1.165, 1.54) is 6.07 Å². The van der Waals surface area contributed by atoms with Gasteiger partial charge in [0.2, 0.25) is 10.0 Å². The second-order valence-electron chi connectivity index (χ2n) is 5.05. The molecule has 0 amide bonds. The number of fused-ring (bicyclic) bond motifs is 1. The lowest BCUT2D eigenvalue weighted by Crippen LogP contribution is -2.14. The highest BCUT2D eigenvalue weighted by molar-refractivity contribution is 7.89. The molecular weight excluding hydrogens is 292 g/mol. The first-order chi connectivity index (χ1) is 10.1. The summed E-state index contributed by atoms with van der Waals surface area (Å²) in [5, 5.41) is 5.71. The fourth-order valence-corrected chi connectivity index (χ4v) is 3.14. The third-order valence-corrected chi connectivity index (χ3v) is 4.47. The third-order valence-electron chi connectivity index (χ3n) is 3.50. The maximum Gasteiger partial charge on any atom is 0.238 e. The molecule has 0 bridgehead atoms. The summed E-state index contributed by atoms with van der Waals surface area (Å²) in [5.74, 6) is 0.923. The Morgan fingerprint density at radius 3 is 2.95 bits per heavy atom. The highest BCUT2D eigenvalue weighted by Gasteiger charge is 2.19. The van der Waals surface area contributed by atoms with Crippen molar-refractivity contribution in [3.63, 3.8) is 0 Å². The summed E-state index contributed by atoms with van der Waals surface area (Å²) in [6, 6.07) is 6.41. The summed E-state index contributed by atoms with van der Waals surface area (Å²) in [4.78, 5) is 4.28. The van der Waals surface area contributed by atoms with Gasteiger partial charge in [-0.2, -0.15) is 0 Å². The van der Waals surface area contributed by atoms with Gasteiger partial charge in [-0.1, -0.05) is 0 Å². The van der Waals surface area contributed by atoms with E-state index in [1.54, 1.807) is 24.4 Å². The van der Waals surface area contributed by atoms with Gasteiger partial charge in [0.15, 0.2) is 0 Å². The number of ether oxygens (including phenoxy) is 2. The maximum atomic E-state index is 11.6. The smallest absolute Gasteiger partial charge is 0.238 e. The first-order valence-electron chi connectivity index (χ1n) is 6.67. The third kappa shape index (κ3) is 2.99. The predicted molar refractivity (Wildman–Crippen MR) is 77.5 cm³/mol. The minimum atomic E-state index is -3.79. The Kier molecular flexibility index (Phi) is 3.79. The number of benzene rings is 1. The van der Waals surface area contributed by atoms with Crippen molar-refractivity contribution in [3.8, 4) is 5.75 Å². The summed E-state index contributed by atoms with van der Waals surface area (Å²) >= 11 is 0. The quantitative estimate of drug-likeness (QED) is 0.919. The lowest BCUT2D eigenvalue weighted by Gasteiger charge is -2.13. The lowest BCUT2D eigenvalue weighted by atomic mass is 10.1. The molecule has 2 N–H and O–H groups in total. The van der Waals surface area contributed by atoms with E-state index >= 15 is 0 Å². The molecule has 1 unspecified atom stereocenters. The van der Waals surface area contributed by atoms with E-state index in [1.807, 2.05) is 0 Å². The molecular formula is C14H16N2O4S. The summed E-state index contributed by atoms with van der Waals surface area (Å²) in [6.07, 6.45) is 2.57. The van der Waals surface area contributed by atoms with Gasteiger partial charge in [-0.3, -0.25) is 4.98 Å². The van der Waals surface area contributed by atoms with Gasteiger partial charge in [0.1, 0.15) is 11.3 Å². The van der Waals surface area contributed by atoms with Crippen LogP contribution in [0.3, 0.4) is 0 Å². The minimum Gasteiger partial charge on any atom is -0.491 e. The molecule has 1 aliphatic heterocycles. The molecule has 1 aromatic heterocycles. The molecule has 1 saturated heterocycles. The summed E-state index contributed by atoms with van der Waals surface area (Å²) in [6.45, 7) is 1.98. The van der Waals surface area contributed by atoms with Crippen LogP contribution < -0.4 is 9.88 Å². The molecule has 1 atom stereocenters. The molecule has 7 heteroatoms. The van der Waals surface area contributed by atoms with Crippen LogP contribution in [0.15, 0.2) is 35.4 Å². The van der Waals surface area contributed by atoms with Crippen molar-refractivity contribution in [3.05, 3.63) is 30.5 Å². The van der Waals surface area contributed by atoms with Gasteiger partial charge in [-0.25, -0.2) is 13.6 Å². The molecule has 0 radical (unpaired) electrons. The molecule has 0 spiro atoms. The summed E-state index contributed by atoms with van der Waals surface area (Å²) in [7, 11) is -3.79. The van der Waals surface area contributed by atoms with Gasteiger partial charge in [0, 0.05) is 24.1 Å². The van der Waals surface area contributed by atoms with Crippen molar-refractivity contribution in [1.29, 1.82) is 0 Å². The van der Waals surface area contributed by atoms with E-state index in [2.05, 4.69) is 4.98 Å². The van der Waals surface area contributed by atoms with Gasteiger partial charge in [0.05, 0.1) is 18.1 Å². The normalized spacial score (nSPS) is 19.0. The number of rotatable bonds is 4. The number of sulfonamides is 1. The van der Waals surface area contributed by atoms with E-state index in [0.29, 0.717) is 35.8 Å². The molecule has 1 aromatic carbocycles. The average Bonchev–Trinajstić information content (AvgIpc) is 2.96. The number of primary sulfonamides is 1. The van der Waals surface area contributed by atoms with Gasteiger partial charge in [-0.15, -0.1) is 0 Å². The maximum absolute atomic E-state index is 11.6. The van der Waals surface area contributed by atoms with E-state index in [0.717, 1.165) is 13.0 Å². The van der Waals surface area contributed by atoms with Crippen molar-refractivity contribution in [1.82, 2.24) is 4.98 Å². The highest BCUT2D eigenvalue weighted by Crippen LogP contribution is 2.29. The Labute approximate surface area is 122 Å². The molecule has 112 valence electrons. The van der Waals surface area contributed by atoms with Gasteiger partial charge in [0.25, 0.3) is 0 Å². The Bertz CT molecular complexity index is 755. The number of pyridine rings is 1. The molecule has 1 aliphatic rings. The molecule has 0 saturated carbocycles. The first-order valence-corrected chi connectivity index (χ1v) is 8.21. The fourth-order valence-electron chi connectivity index (χ4n) is 2.41. The SMILES string of the molecule is NS(=O)(=O)c1ccc(OCC2CCOC2)c2ncccc12. The number of aromatic nitrogens is 1. The zero-order valence-corrected chi connectivity index (χ0v) is 12.2. The Hall–Kier alpha value is -1.70. The van der Waals surface area contributed by atoms with Crippen LogP contribution in [0.5, 0.6) is 5.75 Å². The van der Waals surface area contributed by atoms with Crippen molar-refractivity contribution in [2.45, 2.75) is 11.3 Å². The largest absolute Gasteiger partial charge is 0.491 e. The van der Waals surface area contributed by atoms with Crippen LogP contribution in [0.1, 0.15) is 6.42 Å². The minimum absolute atomic E-state index is 0.0575. The van der Waals surface area contributed by atoms with Crippen LogP contribution in [-0.2, 0) is 14.8 Å². The van der Waals surface area contributed by atoms with E-state index in [4.69, 9.17) is 14.6 Å². The van der Waals surface area contributed by atoms with Crippen molar-refractivity contribution < 1.29 is 17.9 Å². The van der Waals surface area contributed by atoms with Crippen molar-refractivity contribution >= 4 is 20.9 Å². The zero-order valence-electron chi connectivity index (χ0n) is 11.4. The van der Waals surface area contributed by atoms with Crippen LogP contribution in [0.4, 0.5) is 0 Å². The molecule has 3 rings (SSSR count). The van der Waals surface area contributed by atoms with Gasteiger partial charge >= 0.3 is 0 Å². The second-order valence-corrected chi connectivity index (χ2v) is 6.58. The van der Waals surface area contributed by atoms with Crippen molar-refractivity contribution in [2.24, 2.45) is 11.1 Å². The second kappa shape index (κ2) is 5.59. The first kappa shape index (κ1) is 14.2. The fraction of sp³-hybridized carbons (Fsp3) is 0.357. The Balaban J connectivity index is 1.96. The van der Waals surface area contributed by atoms with Crippen LogP contribution in [0.2, 0.25) is 0 Å². The van der Waals surface area contributed by atoms with E-state index < -0.39 is 10.0 Å². The Morgan fingerprint density at radius 2 is 2.24 bits per heavy atom. The van der Waals surface area contributed by atoms with Gasteiger partial charge < -0.3 is 9.47 Å². The monoisotopic (exact) mass is 308 g/mol. The van der Waals surface area contributed by atoms with Crippen LogP contribution >= 0.6 is 0 Å². The van der Waals surface area contributed by atoms with E-state index in [9.17, 15) is 8.42 Å². The predicted octanol–water partition coefficient (Wildman–Crippen LogP) is 1.30. The summed E-state index contributed by atoms with van der Waals surface area (Å²) < 4.78 is 34.3. The van der Waals surface area contributed by atoms with Crippen LogP contribution in [0.25, 0.3) is 10.9 Å². The molecule has 0 aliphatic carbocycles.